The SMILES string of the molecule is NC(=O)c1cnc(Nc2ccc(N3CCNCC3)cc2)nc1N. The van der Waals surface area contributed by atoms with E-state index in [1.54, 1.807) is 0 Å². The lowest BCUT2D eigenvalue weighted by molar-refractivity contribution is 0.100. The third-order valence-electron chi connectivity index (χ3n) is 3.69. The number of benzene rings is 1. The summed E-state index contributed by atoms with van der Waals surface area (Å²) in [6.07, 6.45) is 1.32. The zero-order valence-corrected chi connectivity index (χ0v) is 12.6. The molecule has 0 atom stereocenters. The summed E-state index contributed by atoms with van der Waals surface area (Å²) in [6, 6.07) is 8.02. The fourth-order valence-corrected chi connectivity index (χ4v) is 2.45. The zero-order valence-electron chi connectivity index (χ0n) is 12.6. The average molecular weight is 313 g/mol. The molecule has 0 aliphatic carbocycles. The molecular weight excluding hydrogens is 294 g/mol. The van der Waals surface area contributed by atoms with Crippen LogP contribution in [-0.2, 0) is 0 Å². The summed E-state index contributed by atoms with van der Waals surface area (Å²) in [5.74, 6) is -0.260. The van der Waals surface area contributed by atoms with Crippen LogP contribution in [0.25, 0.3) is 0 Å². The van der Waals surface area contributed by atoms with Crippen LogP contribution in [-0.4, -0.2) is 42.1 Å². The Labute approximate surface area is 133 Å². The molecule has 1 aliphatic heterocycles. The van der Waals surface area contributed by atoms with Crippen molar-refractivity contribution in [3.63, 3.8) is 0 Å². The molecule has 6 N–H and O–H groups in total. The number of nitrogens with one attached hydrogen (secondary N) is 2. The van der Waals surface area contributed by atoms with Crippen LogP contribution in [0.15, 0.2) is 30.5 Å². The summed E-state index contributed by atoms with van der Waals surface area (Å²) in [5, 5.41) is 6.39. The first-order chi connectivity index (χ1) is 11.1. The molecule has 2 aromatic rings. The lowest BCUT2D eigenvalue weighted by Gasteiger charge is -2.29. The lowest BCUT2D eigenvalue weighted by Crippen LogP contribution is -2.43. The van der Waals surface area contributed by atoms with E-state index in [4.69, 9.17) is 11.5 Å². The Morgan fingerprint density at radius 1 is 1.22 bits per heavy atom. The van der Waals surface area contributed by atoms with Gasteiger partial charge in [-0.05, 0) is 24.3 Å². The second-order valence-electron chi connectivity index (χ2n) is 5.27. The molecular formula is C15H19N7O. The van der Waals surface area contributed by atoms with E-state index in [2.05, 4.69) is 37.6 Å². The van der Waals surface area contributed by atoms with E-state index >= 15 is 0 Å². The van der Waals surface area contributed by atoms with Crippen molar-refractivity contribution in [3.05, 3.63) is 36.0 Å². The summed E-state index contributed by atoms with van der Waals surface area (Å²) in [4.78, 5) is 21.5. The molecule has 120 valence electrons. The van der Waals surface area contributed by atoms with Gasteiger partial charge in [0.05, 0.1) is 5.56 Å². The molecule has 0 bridgehead atoms. The van der Waals surface area contributed by atoms with Crippen LogP contribution in [0, 0.1) is 0 Å². The van der Waals surface area contributed by atoms with Gasteiger partial charge >= 0.3 is 0 Å². The van der Waals surface area contributed by atoms with Crippen LogP contribution in [0.1, 0.15) is 10.4 Å². The van der Waals surface area contributed by atoms with Gasteiger partial charge in [0.25, 0.3) is 5.91 Å². The van der Waals surface area contributed by atoms with E-state index in [-0.39, 0.29) is 11.4 Å². The van der Waals surface area contributed by atoms with Gasteiger partial charge in [0.15, 0.2) is 0 Å². The van der Waals surface area contributed by atoms with Crippen molar-refractivity contribution in [2.45, 2.75) is 0 Å². The van der Waals surface area contributed by atoms with E-state index in [0.717, 1.165) is 31.9 Å². The summed E-state index contributed by atoms with van der Waals surface area (Å²) in [7, 11) is 0. The molecule has 8 nitrogen and oxygen atoms in total. The Kier molecular flexibility index (Phi) is 4.24. The van der Waals surface area contributed by atoms with E-state index in [0.29, 0.717) is 5.95 Å². The molecule has 8 heteroatoms. The Bertz CT molecular complexity index is 695. The molecule has 1 amide bonds. The molecule has 0 unspecified atom stereocenters. The van der Waals surface area contributed by atoms with Crippen molar-refractivity contribution in [1.82, 2.24) is 15.3 Å². The predicted molar refractivity (Wildman–Crippen MR) is 89.8 cm³/mol. The third-order valence-corrected chi connectivity index (χ3v) is 3.69. The van der Waals surface area contributed by atoms with Gasteiger partial charge in [-0.3, -0.25) is 4.79 Å². The van der Waals surface area contributed by atoms with Gasteiger partial charge in [-0.15, -0.1) is 0 Å². The number of nitrogens with zero attached hydrogens (tertiary/aromatic N) is 3. The number of piperazine rings is 1. The van der Waals surface area contributed by atoms with E-state index in [1.807, 2.05) is 12.1 Å². The summed E-state index contributed by atoms with van der Waals surface area (Å²) >= 11 is 0. The minimum Gasteiger partial charge on any atom is -0.383 e. The molecule has 1 fully saturated rings. The number of nitrogen functional groups attached to an aromatic ring is 1. The molecule has 1 aliphatic rings. The van der Waals surface area contributed by atoms with E-state index < -0.39 is 5.91 Å². The van der Waals surface area contributed by atoms with Crippen LogP contribution < -0.4 is 27.0 Å². The Morgan fingerprint density at radius 3 is 2.52 bits per heavy atom. The summed E-state index contributed by atoms with van der Waals surface area (Å²) < 4.78 is 0. The molecule has 1 aromatic carbocycles. The van der Waals surface area contributed by atoms with Crippen molar-refractivity contribution >= 4 is 29.0 Å². The molecule has 2 heterocycles. The topological polar surface area (TPSA) is 122 Å². The number of nitrogens with two attached hydrogens (primary N) is 2. The fraction of sp³-hybridized carbons (Fsp3) is 0.267. The standard InChI is InChI=1S/C15H19N7O/c16-13-12(14(17)23)9-19-15(21-13)20-10-1-3-11(4-2-10)22-7-5-18-6-8-22/h1-4,9,18H,5-8H2,(H2,17,23)(H3,16,19,20,21). The van der Waals surface area contributed by atoms with Crippen LogP contribution in [0.2, 0.25) is 0 Å². The quantitative estimate of drug-likeness (QED) is 0.640. The van der Waals surface area contributed by atoms with Crippen molar-refractivity contribution in [2.75, 3.05) is 42.1 Å². The number of amides is 1. The first-order valence-electron chi connectivity index (χ1n) is 7.38. The van der Waals surface area contributed by atoms with Crippen molar-refractivity contribution < 1.29 is 4.79 Å². The first kappa shape index (κ1) is 15.0. The molecule has 23 heavy (non-hydrogen) atoms. The van der Waals surface area contributed by atoms with E-state index in [9.17, 15) is 4.79 Å². The number of carbonyl (C=O) groups excluding carboxylic acids is 1. The van der Waals surface area contributed by atoms with Crippen LogP contribution in [0.3, 0.4) is 0 Å². The van der Waals surface area contributed by atoms with Gasteiger partial charge in [0.2, 0.25) is 5.95 Å². The number of primary amides is 1. The van der Waals surface area contributed by atoms with Gasteiger partial charge in [-0.1, -0.05) is 0 Å². The largest absolute Gasteiger partial charge is 0.383 e. The summed E-state index contributed by atoms with van der Waals surface area (Å²) in [5.41, 5.74) is 13.0. The number of hydrogen-bond acceptors (Lipinski definition) is 7. The van der Waals surface area contributed by atoms with Gasteiger partial charge < -0.3 is 27.0 Å². The third kappa shape index (κ3) is 3.49. The minimum absolute atomic E-state index is 0.0624. The monoisotopic (exact) mass is 313 g/mol. The van der Waals surface area contributed by atoms with Crippen molar-refractivity contribution in [2.24, 2.45) is 5.73 Å². The summed E-state index contributed by atoms with van der Waals surface area (Å²) in [6.45, 7) is 4.00. The normalized spacial score (nSPS) is 14.5. The highest BCUT2D eigenvalue weighted by Gasteiger charge is 2.11. The van der Waals surface area contributed by atoms with Gasteiger partial charge in [-0.2, -0.15) is 4.98 Å². The van der Waals surface area contributed by atoms with Gasteiger partial charge in [0, 0.05) is 43.8 Å². The molecule has 3 rings (SSSR count). The molecule has 1 aromatic heterocycles. The number of hydrogen-bond donors (Lipinski definition) is 4. The Balaban J connectivity index is 1.70. The zero-order chi connectivity index (χ0) is 16.2. The Hall–Kier alpha value is -2.87. The second kappa shape index (κ2) is 6.49. The van der Waals surface area contributed by atoms with E-state index in [1.165, 1.54) is 11.9 Å². The molecule has 0 radical (unpaired) electrons. The predicted octanol–water partition coefficient (Wildman–Crippen LogP) is 0.311. The maximum Gasteiger partial charge on any atom is 0.254 e. The molecule has 0 spiro atoms. The highest BCUT2D eigenvalue weighted by molar-refractivity contribution is 5.96. The highest BCUT2D eigenvalue weighted by Crippen LogP contribution is 2.20. The first-order valence-corrected chi connectivity index (χ1v) is 7.38. The van der Waals surface area contributed by atoms with Gasteiger partial charge in [-0.25, -0.2) is 4.98 Å². The smallest absolute Gasteiger partial charge is 0.254 e. The highest BCUT2D eigenvalue weighted by atomic mass is 16.1. The number of carbonyl (C=O) groups is 1. The number of aromatic nitrogens is 2. The number of rotatable bonds is 4. The maximum absolute atomic E-state index is 11.1. The number of anilines is 4. The molecule has 1 saturated heterocycles. The van der Waals surface area contributed by atoms with Crippen LogP contribution in [0.5, 0.6) is 0 Å². The van der Waals surface area contributed by atoms with Crippen molar-refractivity contribution in [3.8, 4) is 0 Å². The molecule has 0 saturated carbocycles. The van der Waals surface area contributed by atoms with Crippen molar-refractivity contribution in [1.29, 1.82) is 0 Å². The average Bonchev–Trinajstić information content (AvgIpc) is 2.56. The van der Waals surface area contributed by atoms with Gasteiger partial charge in [0.1, 0.15) is 5.82 Å². The van der Waals surface area contributed by atoms with Crippen LogP contribution >= 0.6 is 0 Å². The fourth-order valence-electron chi connectivity index (χ4n) is 2.45. The second-order valence-corrected chi connectivity index (χ2v) is 5.27. The van der Waals surface area contributed by atoms with Crippen LogP contribution in [0.4, 0.5) is 23.1 Å². The lowest BCUT2D eigenvalue weighted by atomic mass is 10.2. The minimum atomic E-state index is -0.644. The maximum atomic E-state index is 11.1. The Morgan fingerprint density at radius 2 is 1.91 bits per heavy atom.